The number of amides is 4. The van der Waals surface area contributed by atoms with Gasteiger partial charge in [0.2, 0.25) is 23.6 Å². The van der Waals surface area contributed by atoms with E-state index < -0.39 is 82.6 Å². The Bertz CT molecular complexity index is 1940. The van der Waals surface area contributed by atoms with Crippen LogP contribution in [0.1, 0.15) is 45.0 Å². The topological polar surface area (TPSA) is 170 Å². The molecule has 1 saturated carbocycles. The second kappa shape index (κ2) is 10.5. The molecule has 12 heteroatoms. The molecule has 0 radical (unpaired) electrons. The Hall–Kier alpha value is -5.65. The van der Waals surface area contributed by atoms with E-state index in [-0.39, 0.29) is 35.3 Å². The number of carbonyl (C=O) groups excluding carboxylic acids is 4. The molecular formula is C34H25FN2O9. The fourth-order valence-corrected chi connectivity index (χ4v) is 7.75. The van der Waals surface area contributed by atoms with Crippen LogP contribution < -0.4 is 9.80 Å². The number of halogens is 1. The summed E-state index contributed by atoms with van der Waals surface area (Å²) < 4.78 is 14.8. The van der Waals surface area contributed by atoms with E-state index in [1.165, 1.54) is 54.6 Å². The Labute approximate surface area is 260 Å². The van der Waals surface area contributed by atoms with Gasteiger partial charge in [-0.05, 0) is 72.9 Å². The first kappa shape index (κ1) is 29.1. The van der Waals surface area contributed by atoms with E-state index in [1.807, 2.05) is 0 Å². The van der Waals surface area contributed by atoms with Crippen molar-refractivity contribution < 1.29 is 48.5 Å². The Morgan fingerprint density at radius 2 is 1.26 bits per heavy atom. The van der Waals surface area contributed by atoms with Crippen molar-refractivity contribution in [3.8, 4) is 5.75 Å². The summed E-state index contributed by atoms with van der Waals surface area (Å²) in [4.78, 5) is 81.1. The molecule has 2 aliphatic heterocycles. The predicted octanol–water partition coefficient (Wildman–Crippen LogP) is 3.97. The van der Waals surface area contributed by atoms with Crippen molar-refractivity contribution >= 4 is 46.9 Å². The van der Waals surface area contributed by atoms with E-state index in [9.17, 15) is 48.5 Å². The fraction of sp³-hybridized carbons (Fsp3) is 0.235. The zero-order valence-electron chi connectivity index (χ0n) is 23.9. The maximum Gasteiger partial charge on any atom is 0.335 e. The van der Waals surface area contributed by atoms with Gasteiger partial charge in [0.15, 0.2) is 11.6 Å². The van der Waals surface area contributed by atoms with E-state index >= 15 is 0 Å². The molecule has 0 aromatic heterocycles. The maximum atomic E-state index is 14.8. The minimum absolute atomic E-state index is 0.0243. The molecule has 3 fully saturated rings. The Morgan fingerprint density at radius 3 is 1.83 bits per heavy atom. The molecule has 2 saturated heterocycles. The number of hydrogen-bond acceptors (Lipinski definition) is 7. The van der Waals surface area contributed by atoms with Crippen molar-refractivity contribution in [3.05, 3.63) is 101 Å². The van der Waals surface area contributed by atoms with Crippen molar-refractivity contribution in [1.82, 2.24) is 0 Å². The Kier molecular flexibility index (Phi) is 6.62. The third kappa shape index (κ3) is 4.24. The smallest absolute Gasteiger partial charge is 0.335 e. The summed E-state index contributed by atoms with van der Waals surface area (Å²) in [6.45, 7) is 0. The monoisotopic (exact) mass is 624 g/mol. The predicted molar refractivity (Wildman–Crippen MR) is 157 cm³/mol. The number of imide groups is 2. The highest BCUT2D eigenvalue weighted by molar-refractivity contribution is 6.24. The lowest BCUT2D eigenvalue weighted by Gasteiger charge is -2.44. The summed E-state index contributed by atoms with van der Waals surface area (Å²) >= 11 is 0. The number of carboxylic acid groups (broad SMARTS) is 2. The van der Waals surface area contributed by atoms with Gasteiger partial charge < -0.3 is 15.3 Å². The highest BCUT2D eigenvalue weighted by atomic mass is 19.1. The summed E-state index contributed by atoms with van der Waals surface area (Å²) in [5, 5.41) is 28.9. The minimum Gasteiger partial charge on any atom is -0.505 e. The van der Waals surface area contributed by atoms with Crippen LogP contribution in [-0.4, -0.2) is 50.9 Å². The highest BCUT2D eigenvalue weighted by Gasteiger charge is 2.62. The van der Waals surface area contributed by atoms with Gasteiger partial charge in [-0.1, -0.05) is 29.8 Å². The zero-order chi connectivity index (χ0) is 32.6. The first-order valence-electron chi connectivity index (χ1n) is 14.6. The van der Waals surface area contributed by atoms with Crippen LogP contribution in [0.25, 0.3) is 0 Å². The number of aromatic carboxylic acids is 2. The van der Waals surface area contributed by atoms with Crippen molar-refractivity contribution in [3.63, 3.8) is 0 Å². The van der Waals surface area contributed by atoms with Gasteiger partial charge in [0, 0.05) is 5.92 Å². The van der Waals surface area contributed by atoms with Gasteiger partial charge in [-0.2, -0.15) is 0 Å². The SMILES string of the molecule is O=C(O)c1cccc(N2C(=O)C3CC=C4C(CC5C(=O)N(c6cccc(C(=O)O)c6)C(=O)C5C4c4ccc(O)c(F)c4)C3C2=O)c1. The van der Waals surface area contributed by atoms with Crippen molar-refractivity contribution in [2.75, 3.05) is 9.80 Å². The van der Waals surface area contributed by atoms with Gasteiger partial charge in [0.05, 0.1) is 46.2 Å². The first-order valence-corrected chi connectivity index (χ1v) is 14.6. The maximum absolute atomic E-state index is 14.8. The molecule has 3 aromatic rings. The molecular weight excluding hydrogens is 599 g/mol. The third-order valence-corrected chi connectivity index (χ3v) is 9.68. The Balaban J connectivity index is 1.33. The van der Waals surface area contributed by atoms with Crippen LogP contribution in [0.4, 0.5) is 15.8 Å². The quantitative estimate of drug-likeness (QED) is 0.281. The van der Waals surface area contributed by atoms with Crippen LogP contribution >= 0.6 is 0 Å². The van der Waals surface area contributed by atoms with E-state index in [0.717, 1.165) is 21.9 Å². The number of fused-ring (bicyclic) bond motifs is 4. The number of carboxylic acids is 2. The summed E-state index contributed by atoms with van der Waals surface area (Å²) in [6.07, 6.45) is 1.92. The van der Waals surface area contributed by atoms with Crippen LogP contribution in [0, 0.1) is 35.4 Å². The van der Waals surface area contributed by atoms with E-state index in [0.29, 0.717) is 11.1 Å². The molecule has 46 heavy (non-hydrogen) atoms. The lowest BCUT2D eigenvalue weighted by molar-refractivity contribution is -0.126. The summed E-state index contributed by atoms with van der Waals surface area (Å²) in [5.41, 5.74) is 0.817. The van der Waals surface area contributed by atoms with Gasteiger partial charge >= 0.3 is 11.9 Å². The standard InChI is InChI=1S/C34H25FN2O9/c35-24-13-15(7-10-25(24)38)26-20-8-9-21-27(31(41)36(29(21)39)18-5-1-3-16(11-18)33(43)44)22(20)14-23-28(26)32(42)37(30(23)40)19-6-2-4-17(12-19)34(45)46/h1-8,10-13,21-23,26-28,38H,9,14H2,(H,43,44)(H,45,46). The summed E-state index contributed by atoms with van der Waals surface area (Å²) in [6, 6.07) is 14.6. The average Bonchev–Trinajstić information content (AvgIpc) is 3.45. The highest BCUT2D eigenvalue weighted by Crippen LogP contribution is 2.58. The van der Waals surface area contributed by atoms with E-state index in [1.54, 1.807) is 6.08 Å². The number of hydrogen-bond donors (Lipinski definition) is 3. The molecule has 0 bridgehead atoms. The molecule has 4 amide bonds. The lowest BCUT2D eigenvalue weighted by Crippen LogP contribution is -2.43. The number of benzene rings is 3. The molecule has 11 nitrogen and oxygen atoms in total. The number of phenols is 1. The molecule has 232 valence electrons. The second-order valence-corrected chi connectivity index (χ2v) is 12.0. The number of rotatable bonds is 5. The molecule has 6 atom stereocenters. The van der Waals surface area contributed by atoms with Crippen LogP contribution in [0.5, 0.6) is 5.75 Å². The van der Waals surface area contributed by atoms with Gasteiger partial charge in [0.1, 0.15) is 0 Å². The normalized spacial score (nSPS) is 26.8. The van der Waals surface area contributed by atoms with Crippen molar-refractivity contribution in [2.45, 2.75) is 18.8 Å². The third-order valence-electron chi connectivity index (χ3n) is 9.68. The van der Waals surface area contributed by atoms with Crippen LogP contribution in [0.2, 0.25) is 0 Å². The number of allylic oxidation sites excluding steroid dienone is 2. The molecule has 0 spiro atoms. The van der Waals surface area contributed by atoms with E-state index in [4.69, 9.17) is 0 Å². The molecule has 3 aromatic carbocycles. The molecule has 2 heterocycles. The molecule has 3 N–H and O–H groups in total. The van der Waals surface area contributed by atoms with E-state index in [2.05, 4.69) is 0 Å². The summed E-state index contributed by atoms with van der Waals surface area (Å²) in [5.74, 6) is -11.7. The molecule has 2 aliphatic carbocycles. The minimum atomic E-state index is -1.25. The van der Waals surface area contributed by atoms with Gasteiger partial charge in [-0.3, -0.25) is 29.0 Å². The number of phenolic OH excluding ortho intramolecular Hbond substituents is 1. The number of anilines is 2. The number of nitrogens with zero attached hydrogens (tertiary/aromatic N) is 2. The molecule has 7 rings (SSSR count). The molecule has 6 unspecified atom stereocenters. The van der Waals surface area contributed by atoms with Crippen LogP contribution in [-0.2, 0) is 19.2 Å². The van der Waals surface area contributed by atoms with Gasteiger partial charge in [-0.15, -0.1) is 0 Å². The largest absolute Gasteiger partial charge is 0.505 e. The average molecular weight is 625 g/mol. The summed E-state index contributed by atoms with van der Waals surface area (Å²) in [7, 11) is 0. The number of aromatic hydroxyl groups is 1. The Morgan fingerprint density at radius 1 is 0.696 bits per heavy atom. The van der Waals surface area contributed by atoms with Crippen LogP contribution in [0.15, 0.2) is 78.4 Å². The fourth-order valence-electron chi connectivity index (χ4n) is 7.75. The van der Waals surface area contributed by atoms with Crippen LogP contribution in [0.3, 0.4) is 0 Å². The van der Waals surface area contributed by atoms with Crippen molar-refractivity contribution in [2.24, 2.45) is 29.6 Å². The number of carbonyl (C=O) groups is 6. The molecule has 4 aliphatic rings. The first-order chi connectivity index (χ1) is 22.0. The second-order valence-electron chi connectivity index (χ2n) is 12.0. The van der Waals surface area contributed by atoms with Crippen molar-refractivity contribution in [1.29, 1.82) is 0 Å². The lowest BCUT2D eigenvalue weighted by atomic mass is 9.57. The zero-order valence-corrected chi connectivity index (χ0v) is 23.9. The van der Waals surface area contributed by atoms with Gasteiger partial charge in [-0.25, -0.2) is 14.0 Å². The van der Waals surface area contributed by atoms with Gasteiger partial charge in [0.25, 0.3) is 0 Å².